The molecule has 6 nitrogen and oxygen atoms in total. The lowest BCUT2D eigenvalue weighted by Gasteiger charge is -2.32. The summed E-state index contributed by atoms with van der Waals surface area (Å²) in [5.41, 5.74) is 0.842. The zero-order valence-corrected chi connectivity index (χ0v) is 12.2. The molecular formula is C13H17NO5S. The third kappa shape index (κ3) is 2.84. The van der Waals surface area contributed by atoms with Crippen molar-refractivity contribution in [3.8, 4) is 0 Å². The van der Waals surface area contributed by atoms with E-state index in [1.165, 1.54) is 13.2 Å². The SMILES string of the molecule is COC(=O)C1COCCN1S(=O)(=O)c1cccc(C)c1. The van der Waals surface area contributed by atoms with E-state index in [0.29, 0.717) is 0 Å². The third-order valence-corrected chi connectivity index (χ3v) is 5.05. The summed E-state index contributed by atoms with van der Waals surface area (Å²) >= 11 is 0. The number of methoxy groups -OCH3 is 1. The van der Waals surface area contributed by atoms with Crippen LogP contribution < -0.4 is 0 Å². The normalized spacial score (nSPS) is 20.6. The highest BCUT2D eigenvalue weighted by molar-refractivity contribution is 7.89. The molecule has 1 atom stereocenters. The number of sulfonamides is 1. The smallest absolute Gasteiger partial charge is 0.326 e. The number of aryl methyl sites for hydroxylation is 1. The monoisotopic (exact) mass is 299 g/mol. The van der Waals surface area contributed by atoms with Gasteiger partial charge in [0, 0.05) is 6.54 Å². The first-order valence-corrected chi connectivity index (χ1v) is 7.65. The Hall–Kier alpha value is -1.44. The predicted molar refractivity (Wildman–Crippen MR) is 71.7 cm³/mol. The topological polar surface area (TPSA) is 72.9 Å². The Morgan fingerprint density at radius 1 is 1.45 bits per heavy atom. The van der Waals surface area contributed by atoms with Gasteiger partial charge < -0.3 is 9.47 Å². The van der Waals surface area contributed by atoms with Crippen LogP contribution in [0.1, 0.15) is 5.56 Å². The van der Waals surface area contributed by atoms with Crippen molar-refractivity contribution in [2.45, 2.75) is 17.9 Å². The molecule has 1 fully saturated rings. The van der Waals surface area contributed by atoms with Gasteiger partial charge in [0.05, 0.1) is 25.2 Å². The summed E-state index contributed by atoms with van der Waals surface area (Å²) in [6, 6.07) is 5.66. The number of nitrogens with zero attached hydrogens (tertiary/aromatic N) is 1. The van der Waals surface area contributed by atoms with E-state index in [9.17, 15) is 13.2 Å². The van der Waals surface area contributed by atoms with E-state index in [1.807, 2.05) is 13.0 Å². The van der Waals surface area contributed by atoms with E-state index in [1.54, 1.807) is 12.1 Å². The minimum atomic E-state index is -3.74. The maximum atomic E-state index is 12.6. The number of carbonyl (C=O) groups excluding carboxylic acids is 1. The quantitative estimate of drug-likeness (QED) is 0.762. The number of hydrogen-bond donors (Lipinski definition) is 0. The molecule has 1 unspecified atom stereocenters. The van der Waals surface area contributed by atoms with E-state index in [2.05, 4.69) is 4.74 Å². The fourth-order valence-corrected chi connectivity index (χ4v) is 3.76. The minimum absolute atomic E-state index is 0.0116. The van der Waals surface area contributed by atoms with Crippen LogP contribution in [0.3, 0.4) is 0 Å². The number of carbonyl (C=O) groups is 1. The molecule has 0 aromatic heterocycles. The fourth-order valence-electron chi connectivity index (χ4n) is 2.11. The number of morpholine rings is 1. The van der Waals surface area contributed by atoms with Gasteiger partial charge in [0.2, 0.25) is 10.0 Å². The summed E-state index contributed by atoms with van der Waals surface area (Å²) in [6.45, 7) is 2.22. The van der Waals surface area contributed by atoms with Crippen LogP contribution in [0.5, 0.6) is 0 Å². The minimum Gasteiger partial charge on any atom is -0.468 e. The van der Waals surface area contributed by atoms with Gasteiger partial charge >= 0.3 is 5.97 Å². The highest BCUT2D eigenvalue weighted by Gasteiger charge is 2.38. The molecule has 0 saturated carbocycles. The molecule has 1 aromatic rings. The molecule has 20 heavy (non-hydrogen) atoms. The summed E-state index contributed by atoms with van der Waals surface area (Å²) in [5, 5.41) is 0. The molecule has 0 bridgehead atoms. The van der Waals surface area contributed by atoms with Crippen LogP contribution in [-0.2, 0) is 24.3 Å². The average Bonchev–Trinajstić information content (AvgIpc) is 2.46. The van der Waals surface area contributed by atoms with E-state index in [0.717, 1.165) is 9.87 Å². The van der Waals surface area contributed by atoms with Crippen molar-refractivity contribution in [3.05, 3.63) is 29.8 Å². The van der Waals surface area contributed by atoms with Gasteiger partial charge in [-0.15, -0.1) is 0 Å². The van der Waals surface area contributed by atoms with Crippen molar-refractivity contribution in [2.75, 3.05) is 26.9 Å². The lowest BCUT2D eigenvalue weighted by molar-refractivity contribution is -0.149. The summed E-state index contributed by atoms with van der Waals surface area (Å²) in [5.74, 6) is -0.610. The van der Waals surface area contributed by atoms with Crippen LogP contribution in [-0.4, -0.2) is 51.6 Å². The number of hydrogen-bond acceptors (Lipinski definition) is 5. The van der Waals surface area contributed by atoms with E-state index in [4.69, 9.17) is 4.74 Å². The maximum Gasteiger partial charge on any atom is 0.326 e. The number of benzene rings is 1. The summed E-state index contributed by atoms with van der Waals surface area (Å²) in [4.78, 5) is 11.9. The second kappa shape index (κ2) is 5.90. The molecule has 110 valence electrons. The first-order chi connectivity index (χ1) is 9.46. The highest BCUT2D eigenvalue weighted by Crippen LogP contribution is 2.22. The highest BCUT2D eigenvalue weighted by atomic mass is 32.2. The van der Waals surface area contributed by atoms with Gasteiger partial charge in [-0.1, -0.05) is 12.1 Å². The zero-order chi connectivity index (χ0) is 14.8. The van der Waals surface area contributed by atoms with E-state index in [-0.39, 0.29) is 24.7 Å². The lowest BCUT2D eigenvalue weighted by atomic mass is 10.2. The molecule has 0 N–H and O–H groups in total. The van der Waals surface area contributed by atoms with E-state index >= 15 is 0 Å². The Morgan fingerprint density at radius 2 is 2.20 bits per heavy atom. The van der Waals surface area contributed by atoms with Gasteiger partial charge in [-0.05, 0) is 24.6 Å². The van der Waals surface area contributed by atoms with Crippen LogP contribution in [0, 0.1) is 6.92 Å². The van der Waals surface area contributed by atoms with Crippen molar-refractivity contribution in [3.63, 3.8) is 0 Å². The molecule has 1 saturated heterocycles. The molecule has 7 heteroatoms. The van der Waals surface area contributed by atoms with Crippen LogP contribution in [0.15, 0.2) is 29.2 Å². The second-order valence-corrected chi connectivity index (χ2v) is 6.44. The summed E-state index contributed by atoms with van der Waals surface area (Å²) < 4.78 is 36.2. The molecule has 0 radical (unpaired) electrons. The molecule has 1 heterocycles. The van der Waals surface area contributed by atoms with Gasteiger partial charge in [-0.25, -0.2) is 8.42 Å². The summed E-state index contributed by atoms with van der Waals surface area (Å²) in [7, 11) is -2.51. The molecule has 2 rings (SSSR count). The van der Waals surface area contributed by atoms with Crippen molar-refractivity contribution in [1.29, 1.82) is 0 Å². The number of esters is 1. The molecule has 1 aliphatic heterocycles. The Labute approximate surface area is 118 Å². The van der Waals surface area contributed by atoms with Gasteiger partial charge in [-0.2, -0.15) is 4.31 Å². The second-order valence-electron chi connectivity index (χ2n) is 4.55. The molecule has 1 aliphatic rings. The largest absolute Gasteiger partial charge is 0.468 e. The van der Waals surface area contributed by atoms with Crippen LogP contribution >= 0.6 is 0 Å². The zero-order valence-electron chi connectivity index (χ0n) is 11.4. The van der Waals surface area contributed by atoms with Crippen molar-refractivity contribution in [1.82, 2.24) is 4.31 Å². The van der Waals surface area contributed by atoms with Gasteiger partial charge in [0.1, 0.15) is 6.04 Å². The van der Waals surface area contributed by atoms with Crippen molar-refractivity contribution < 1.29 is 22.7 Å². The average molecular weight is 299 g/mol. The maximum absolute atomic E-state index is 12.6. The number of rotatable bonds is 3. The van der Waals surface area contributed by atoms with Gasteiger partial charge in [-0.3, -0.25) is 4.79 Å². The molecule has 0 spiro atoms. The molecule has 0 aliphatic carbocycles. The van der Waals surface area contributed by atoms with E-state index < -0.39 is 22.0 Å². The third-order valence-electron chi connectivity index (χ3n) is 3.15. The molecule has 0 amide bonds. The van der Waals surface area contributed by atoms with Gasteiger partial charge in [0.25, 0.3) is 0 Å². The summed E-state index contributed by atoms with van der Waals surface area (Å²) in [6.07, 6.45) is 0. The lowest BCUT2D eigenvalue weighted by Crippen LogP contribution is -2.52. The first-order valence-electron chi connectivity index (χ1n) is 6.21. The van der Waals surface area contributed by atoms with Crippen molar-refractivity contribution in [2.24, 2.45) is 0 Å². The molecular weight excluding hydrogens is 282 g/mol. The first kappa shape index (κ1) is 15.0. The van der Waals surface area contributed by atoms with Gasteiger partial charge in [0.15, 0.2) is 0 Å². The Balaban J connectivity index is 2.38. The molecule has 1 aromatic carbocycles. The number of ether oxygens (including phenoxy) is 2. The fraction of sp³-hybridized carbons (Fsp3) is 0.462. The van der Waals surface area contributed by atoms with Crippen molar-refractivity contribution >= 4 is 16.0 Å². The van der Waals surface area contributed by atoms with Crippen LogP contribution in [0.2, 0.25) is 0 Å². The Morgan fingerprint density at radius 3 is 2.85 bits per heavy atom. The Bertz CT molecular complexity index is 599. The standard InChI is InChI=1S/C13H17NO5S/c1-10-4-3-5-11(8-10)20(16,17)14-6-7-19-9-12(14)13(15)18-2/h3-5,8,12H,6-7,9H2,1-2H3. The van der Waals surface area contributed by atoms with Crippen LogP contribution in [0.25, 0.3) is 0 Å². The van der Waals surface area contributed by atoms with Crippen LogP contribution in [0.4, 0.5) is 0 Å². The Kier molecular flexibility index (Phi) is 4.42. The predicted octanol–water partition coefficient (Wildman–Crippen LogP) is 0.558.